The predicted octanol–water partition coefficient (Wildman–Crippen LogP) is 4.59. The van der Waals surface area contributed by atoms with E-state index in [1.54, 1.807) is 4.90 Å². The van der Waals surface area contributed by atoms with Gasteiger partial charge >= 0.3 is 0 Å². The Morgan fingerprint density at radius 2 is 1.62 bits per heavy atom. The van der Waals surface area contributed by atoms with Gasteiger partial charge < -0.3 is 4.90 Å². The molecule has 0 aromatic heterocycles. The maximum atomic E-state index is 12.4. The van der Waals surface area contributed by atoms with Gasteiger partial charge in [-0.05, 0) is 25.0 Å². The van der Waals surface area contributed by atoms with Crippen LogP contribution in [0.15, 0.2) is 30.3 Å². The maximum Gasteiger partial charge on any atom is 0.226 e. The molecule has 0 heterocycles. The molecular formula is C18H28NO2. The van der Waals surface area contributed by atoms with Gasteiger partial charge in [0, 0.05) is 18.7 Å². The number of hydrogen-bond donors (Lipinski definition) is 0. The van der Waals surface area contributed by atoms with E-state index in [2.05, 4.69) is 6.92 Å². The summed E-state index contributed by atoms with van der Waals surface area (Å²) in [6.45, 7) is 2.60. The predicted molar refractivity (Wildman–Crippen MR) is 87.0 cm³/mol. The fourth-order valence-corrected chi connectivity index (χ4v) is 2.42. The van der Waals surface area contributed by atoms with Crippen LogP contribution in [-0.2, 0) is 9.90 Å². The highest BCUT2D eigenvalue weighted by Crippen LogP contribution is 2.16. The quantitative estimate of drug-likeness (QED) is 0.549. The largest absolute Gasteiger partial charge is 0.312 e. The van der Waals surface area contributed by atoms with Crippen molar-refractivity contribution in [1.29, 1.82) is 0 Å². The van der Waals surface area contributed by atoms with Crippen molar-refractivity contribution in [2.24, 2.45) is 0 Å². The maximum absolute atomic E-state index is 12.4. The Kier molecular flexibility index (Phi) is 9.55. The Bertz CT molecular complexity index is 378. The molecule has 0 bridgehead atoms. The van der Waals surface area contributed by atoms with Gasteiger partial charge in [-0.1, -0.05) is 57.2 Å². The number of rotatable bonds is 11. The smallest absolute Gasteiger partial charge is 0.226 e. The first kappa shape index (κ1) is 17.7. The van der Waals surface area contributed by atoms with Gasteiger partial charge in [0.25, 0.3) is 0 Å². The molecule has 1 aromatic carbocycles. The molecule has 0 saturated carbocycles. The molecule has 0 fully saturated rings. The molecule has 0 aliphatic heterocycles. The number of amides is 1. The van der Waals surface area contributed by atoms with Gasteiger partial charge in [-0.15, -0.1) is 0 Å². The molecule has 1 radical (unpaired) electrons. The van der Waals surface area contributed by atoms with Crippen LogP contribution in [0, 0.1) is 0 Å². The molecule has 0 aliphatic rings. The molecule has 1 rings (SSSR count). The van der Waals surface area contributed by atoms with Crippen LogP contribution in [-0.4, -0.2) is 19.1 Å². The summed E-state index contributed by atoms with van der Waals surface area (Å²) in [5.74, 6) is 0.144. The van der Waals surface area contributed by atoms with Crippen molar-refractivity contribution in [3.63, 3.8) is 0 Å². The number of para-hydroxylation sites is 1. The third-order valence-corrected chi connectivity index (χ3v) is 3.64. The second-order valence-corrected chi connectivity index (χ2v) is 5.46. The number of unbranched alkanes of at least 4 members (excludes halogenated alkanes) is 5. The standard InChI is InChI=1S/C18H28NO2/c1-2-3-4-5-6-10-14-18(21)19(15-11-16-20)17-12-8-7-9-13-17/h7-9,12-13H,2-6,10-11,14-16H2,1H3. The summed E-state index contributed by atoms with van der Waals surface area (Å²) in [5, 5.41) is 10.7. The van der Waals surface area contributed by atoms with Crippen LogP contribution in [0.1, 0.15) is 58.3 Å². The van der Waals surface area contributed by atoms with Gasteiger partial charge in [0.15, 0.2) is 0 Å². The first-order valence-electron chi connectivity index (χ1n) is 8.23. The lowest BCUT2D eigenvalue weighted by molar-refractivity contribution is -0.118. The fraction of sp³-hybridized carbons (Fsp3) is 0.611. The molecule has 0 spiro atoms. The van der Waals surface area contributed by atoms with Crippen molar-refractivity contribution >= 4 is 11.6 Å². The van der Waals surface area contributed by atoms with Crippen LogP contribution in [0.2, 0.25) is 0 Å². The van der Waals surface area contributed by atoms with Gasteiger partial charge in [-0.25, -0.2) is 5.11 Å². The van der Waals surface area contributed by atoms with Crippen molar-refractivity contribution in [1.82, 2.24) is 0 Å². The molecule has 117 valence electrons. The van der Waals surface area contributed by atoms with Crippen molar-refractivity contribution in [3.05, 3.63) is 30.3 Å². The van der Waals surface area contributed by atoms with Gasteiger partial charge in [-0.2, -0.15) is 0 Å². The Morgan fingerprint density at radius 3 is 2.29 bits per heavy atom. The molecule has 3 heteroatoms. The van der Waals surface area contributed by atoms with Crippen LogP contribution < -0.4 is 4.90 Å². The lowest BCUT2D eigenvalue weighted by atomic mass is 10.1. The lowest BCUT2D eigenvalue weighted by Crippen LogP contribution is -2.32. The number of benzene rings is 1. The van der Waals surface area contributed by atoms with E-state index >= 15 is 0 Å². The molecule has 1 amide bonds. The van der Waals surface area contributed by atoms with Gasteiger partial charge in [0.1, 0.15) is 0 Å². The highest BCUT2D eigenvalue weighted by molar-refractivity contribution is 5.93. The molecule has 0 unspecified atom stereocenters. The minimum absolute atomic E-state index is 0.131. The van der Waals surface area contributed by atoms with E-state index in [0.29, 0.717) is 19.4 Å². The third-order valence-electron chi connectivity index (χ3n) is 3.64. The second-order valence-electron chi connectivity index (χ2n) is 5.46. The molecule has 3 nitrogen and oxygen atoms in total. The van der Waals surface area contributed by atoms with Crippen LogP contribution in [0.3, 0.4) is 0 Å². The molecule has 21 heavy (non-hydrogen) atoms. The van der Waals surface area contributed by atoms with Gasteiger partial charge in [0.2, 0.25) is 5.91 Å². The minimum atomic E-state index is -0.131. The average Bonchev–Trinajstić information content (AvgIpc) is 2.52. The summed E-state index contributed by atoms with van der Waals surface area (Å²) in [4.78, 5) is 14.1. The number of carbonyl (C=O) groups is 1. The van der Waals surface area contributed by atoms with Gasteiger partial charge in [0.05, 0.1) is 6.61 Å². The Morgan fingerprint density at radius 1 is 0.952 bits per heavy atom. The summed E-state index contributed by atoms with van der Waals surface area (Å²) >= 11 is 0. The van der Waals surface area contributed by atoms with Crippen molar-refractivity contribution in [2.75, 3.05) is 18.1 Å². The topological polar surface area (TPSA) is 40.2 Å². The Labute approximate surface area is 129 Å². The number of anilines is 1. The lowest BCUT2D eigenvalue weighted by Gasteiger charge is -2.22. The van der Waals surface area contributed by atoms with E-state index in [1.165, 1.54) is 25.7 Å². The van der Waals surface area contributed by atoms with Crippen molar-refractivity contribution in [3.8, 4) is 0 Å². The minimum Gasteiger partial charge on any atom is -0.312 e. The highest BCUT2D eigenvalue weighted by Gasteiger charge is 2.14. The first-order chi connectivity index (χ1) is 10.3. The Balaban J connectivity index is 2.41. The van der Waals surface area contributed by atoms with Crippen LogP contribution in [0.4, 0.5) is 5.69 Å². The fourth-order valence-electron chi connectivity index (χ4n) is 2.42. The monoisotopic (exact) mass is 290 g/mol. The summed E-state index contributed by atoms with van der Waals surface area (Å²) < 4.78 is 0. The summed E-state index contributed by atoms with van der Waals surface area (Å²) in [6.07, 6.45) is 8.18. The Hall–Kier alpha value is -1.35. The van der Waals surface area contributed by atoms with E-state index in [4.69, 9.17) is 0 Å². The van der Waals surface area contributed by atoms with Crippen molar-refractivity contribution < 1.29 is 9.90 Å². The summed E-state index contributed by atoms with van der Waals surface area (Å²) in [5.41, 5.74) is 0.905. The summed E-state index contributed by atoms with van der Waals surface area (Å²) in [7, 11) is 0. The molecule has 0 saturated heterocycles. The molecular weight excluding hydrogens is 262 g/mol. The van der Waals surface area contributed by atoms with Crippen LogP contribution >= 0.6 is 0 Å². The number of nitrogens with zero attached hydrogens (tertiary/aromatic N) is 1. The molecule has 1 aromatic rings. The van der Waals surface area contributed by atoms with E-state index in [0.717, 1.165) is 18.5 Å². The van der Waals surface area contributed by atoms with E-state index in [1.807, 2.05) is 30.3 Å². The number of carbonyl (C=O) groups excluding carboxylic acids is 1. The van der Waals surface area contributed by atoms with Gasteiger partial charge in [-0.3, -0.25) is 4.79 Å². The molecule has 0 N–H and O–H groups in total. The normalized spacial score (nSPS) is 10.6. The van der Waals surface area contributed by atoms with E-state index in [-0.39, 0.29) is 12.5 Å². The SMILES string of the molecule is CCCCCCCCC(=O)N(CCC[O])c1ccccc1. The molecule has 0 atom stereocenters. The zero-order chi connectivity index (χ0) is 15.3. The van der Waals surface area contributed by atoms with Crippen LogP contribution in [0.5, 0.6) is 0 Å². The zero-order valence-electron chi connectivity index (χ0n) is 13.2. The average molecular weight is 290 g/mol. The summed E-state index contributed by atoms with van der Waals surface area (Å²) in [6, 6.07) is 9.66. The van der Waals surface area contributed by atoms with Crippen LogP contribution in [0.25, 0.3) is 0 Å². The third kappa shape index (κ3) is 7.28. The highest BCUT2D eigenvalue weighted by atomic mass is 16.3. The van der Waals surface area contributed by atoms with E-state index < -0.39 is 0 Å². The number of hydrogen-bond acceptors (Lipinski definition) is 1. The second kappa shape index (κ2) is 11.3. The zero-order valence-corrected chi connectivity index (χ0v) is 13.2. The van der Waals surface area contributed by atoms with Crippen molar-refractivity contribution in [2.45, 2.75) is 58.3 Å². The molecule has 0 aliphatic carbocycles. The first-order valence-corrected chi connectivity index (χ1v) is 8.23. The van der Waals surface area contributed by atoms with E-state index in [9.17, 15) is 9.90 Å².